The average molecular weight is 246 g/mol. The Hall–Kier alpha value is -1.53. The third-order valence-electron chi connectivity index (χ3n) is 1.89. The van der Waals surface area contributed by atoms with Gasteiger partial charge in [0.1, 0.15) is 11.6 Å². The lowest BCUT2D eigenvalue weighted by Gasteiger charge is -1.99. The van der Waals surface area contributed by atoms with Crippen LogP contribution in [0.2, 0.25) is 5.02 Å². The zero-order valence-electron chi connectivity index (χ0n) is 7.88. The van der Waals surface area contributed by atoms with E-state index < -0.39 is 11.6 Å². The molecule has 0 fully saturated rings. The summed E-state index contributed by atoms with van der Waals surface area (Å²) in [5, 5.41) is 3.29. The van der Waals surface area contributed by atoms with E-state index in [4.69, 9.17) is 21.9 Å². The fourth-order valence-corrected chi connectivity index (χ4v) is 1.30. The van der Waals surface area contributed by atoms with Crippen molar-refractivity contribution in [1.82, 2.24) is 10.1 Å². The van der Waals surface area contributed by atoms with Crippen molar-refractivity contribution in [3.63, 3.8) is 0 Å². The van der Waals surface area contributed by atoms with Gasteiger partial charge in [0.15, 0.2) is 0 Å². The average Bonchev–Trinajstić information content (AvgIpc) is 2.71. The normalized spacial score (nSPS) is 10.8. The SMILES string of the molecule is NCc1nc(-c2cc(Cl)c(F)cc2F)no1. The van der Waals surface area contributed by atoms with Crippen LogP contribution in [0, 0.1) is 11.6 Å². The lowest BCUT2D eigenvalue weighted by Crippen LogP contribution is -1.96. The van der Waals surface area contributed by atoms with Gasteiger partial charge < -0.3 is 10.3 Å². The zero-order chi connectivity index (χ0) is 11.7. The molecule has 1 aromatic carbocycles. The Balaban J connectivity index is 2.51. The molecule has 0 saturated heterocycles. The van der Waals surface area contributed by atoms with Gasteiger partial charge in [-0.1, -0.05) is 16.8 Å². The van der Waals surface area contributed by atoms with Crippen molar-refractivity contribution in [2.45, 2.75) is 6.54 Å². The van der Waals surface area contributed by atoms with Crippen LogP contribution in [0.5, 0.6) is 0 Å². The van der Waals surface area contributed by atoms with Crippen LogP contribution in [0.1, 0.15) is 5.89 Å². The third-order valence-corrected chi connectivity index (χ3v) is 2.18. The van der Waals surface area contributed by atoms with Gasteiger partial charge in [0.05, 0.1) is 17.1 Å². The summed E-state index contributed by atoms with van der Waals surface area (Å²) in [6, 6.07) is 1.76. The minimum Gasteiger partial charge on any atom is -0.338 e. The maximum atomic E-state index is 13.4. The molecule has 0 spiro atoms. The van der Waals surface area contributed by atoms with E-state index in [0.29, 0.717) is 6.07 Å². The first kappa shape index (κ1) is 11.0. The highest BCUT2D eigenvalue weighted by Crippen LogP contribution is 2.26. The quantitative estimate of drug-likeness (QED) is 0.823. The molecule has 7 heteroatoms. The molecule has 2 N–H and O–H groups in total. The Morgan fingerprint density at radius 2 is 2.06 bits per heavy atom. The van der Waals surface area contributed by atoms with Gasteiger partial charge in [-0.05, 0) is 6.07 Å². The molecule has 1 aromatic heterocycles. The predicted octanol–water partition coefficient (Wildman–Crippen LogP) is 2.13. The third kappa shape index (κ3) is 1.89. The summed E-state index contributed by atoms with van der Waals surface area (Å²) in [6.45, 7) is 0.0452. The van der Waals surface area contributed by atoms with E-state index in [1.807, 2.05) is 0 Å². The van der Waals surface area contributed by atoms with E-state index in [0.717, 1.165) is 6.07 Å². The predicted molar refractivity (Wildman–Crippen MR) is 52.6 cm³/mol. The lowest BCUT2D eigenvalue weighted by molar-refractivity contribution is 0.380. The van der Waals surface area contributed by atoms with Gasteiger partial charge >= 0.3 is 0 Å². The Bertz CT molecular complexity index is 529. The lowest BCUT2D eigenvalue weighted by atomic mass is 10.2. The highest BCUT2D eigenvalue weighted by Gasteiger charge is 2.15. The van der Waals surface area contributed by atoms with E-state index >= 15 is 0 Å². The van der Waals surface area contributed by atoms with E-state index in [2.05, 4.69) is 10.1 Å². The van der Waals surface area contributed by atoms with E-state index in [1.54, 1.807) is 0 Å². The first-order chi connectivity index (χ1) is 7.61. The second kappa shape index (κ2) is 4.15. The standard InChI is InChI=1S/C9H6ClF2N3O/c10-5-1-4(6(11)2-7(5)12)9-14-8(3-13)16-15-9/h1-2H,3,13H2. The molecule has 0 radical (unpaired) electrons. The van der Waals surface area contributed by atoms with Crippen molar-refractivity contribution in [2.24, 2.45) is 5.73 Å². The molecule has 2 aromatic rings. The monoisotopic (exact) mass is 245 g/mol. The van der Waals surface area contributed by atoms with E-state index in [-0.39, 0.29) is 28.8 Å². The summed E-state index contributed by atoms with van der Waals surface area (Å²) in [4.78, 5) is 3.81. The number of halogens is 3. The maximum Gasteiger partial charge on any atom is 0.240 e. The Morgan fingerprint density at radius 3 is 2.69 bits per heavy atom. The molecule has 84 valence electrons. The molecule has 2 rings (SSSR count). The van der Waals surface area contributed by atoms with Crippen LogP contribution in [-0.4, -0.2) is 10.1 Å². The minimum absolute atomic E-state index is 0.0140. The van der Waals surface area contributed by atoms with Gasteiger partial charge in [0, 0.05) is 6.07 Å². The smallest absolute Gasteiger partial charge is 0.240 e. The minimum atomic E-state index is -0.842. The van der Waals surface area contributed by atoms with Crippen LogP contribution < -0.4 is 5.73 Å². The number of nitrogens with two attached hydrogens (primary N) is 1. The molecular weight excluding hydrogens is 240 g/mol. The summed E-state index contributed by atoms with van der Waals surface area (Å²) in [5.41, 5.74) is 5.22. The van der Waals surface area contributed by atoms with Crippen LogP contribution in [0.25, 0.3) is 11.4 Å². The summed E-state index contributed by atoms with van der Waals surface area (Å²) < 4.78 is 31.0. The second-order valence-corrected chi connectivity index (χ2v) is 3.37. The molecule has 0 amide bonds. The first-order valence-electron chi connectivity index (χ1n) is 4.29. The first-order valence-corrected chi connectivity index (χ1v) is 4.67. The Labute approximate surface area is 94.0 Å². The molecule has 0 aliphatic heterocycles. The number of hydrogen-bond donors (Lipinski definition) is 1. The number of hydrogen-bond acceptors (Lipinski definition) is 4. The molecule has 16 heavy (non-hydrogen) atoms. The molecule has 0 saturated carbocycles. The molecule has 0 bridgehead atoms. The van der Waals surface area contributed by atoms with Crippen molar-refractivity contribution in [3.05, 3.63) is 34.7 Å². The van der Waals surface area contributed by atoms with Crippen LogP contribution in [0.15, 0.2) is 16.7 Å². The Kier molecular flexibility index (Phi) is 2.84. The van der Waals surface area contributed by atoms with E-state index in [1.165, 1.54) is 0 Å². The number of benzene rings is 1. The summed E-state index contributed by atoms with van der Waals surface area (Å²) in [5.74, 6) is -1.51. The molecule has 0 unspecified atom stereocenters. The topological polar surface area (TPSA) is 64.9 Å². The fourth-order valence-electron chi connectivity index (χ4n) is 1.14. The van der Waals surface area contributed by atoms with Gasteiger partial charge in [0.25, 0.3) is 0 Å². The molecule has 1 heterocycles. The largest absolute Gasteiger partial charge is 0.338 e. The Morgan fingerprint density at radius 1 is 1.31 bits per heavy atom. The van der Waals surface area contributed by atoms with Gasteiger partial charge in [-0.25, -0.2) is 8.78 Å². The van der Waals surface area contributed by atoms with Gasteiger partial charge in [-0.2, -0.15) is 4.98 Å². The van der Waals surface area contributed by atoms with Crippen molar-refractivity contribution in [2.75, 3.05) is 0 Å². The maximum absolute atomic E-state index is 13.4. The highest BCUT2D eigenvalue weighted by molar-refractivity contribution is 6.31. The molecule has 0 aliphatic rings. The van der Waals surface area contributed by atoms with Crippen LogP contribution >= 0.6 is 11.6 Å². The van der Waals surface area contributed by atoms with Gasteiger partial charge in [-0.15, -0.1) is 0 Å². The zero-order valence-corrected chi connectivity index (χ0v) is 8.63. The molecule has 4 nitrogen and oxygen atoms in total. The molecule has 0 atom stereocenters. The van der Waals surface area contributed by atoms with E-state index in [9.17, 15) is 8.78 Å². The van der Waals surface area contributed by atoms with Gasteiger partial charge in [0.2, 0.25) is 11.7 Å². The summed E-state index contributed by atoms with van der Waals surface area (Å²) in [6.07, 6.45) is 0. The summed E-state index contributed by atoms with van der Waals surface area (Å²) >= 11 is 5.52. The summed E-state index contributed by atoms with van der Waals surface area (Å²) in [7, 11) is 0. The van der Waals surface area contributed by atoms with Crippen molar-refractivity contribution >= 4 is 11.6 Å². The number of aromatic nitrogens is 2. The second-order valence-electron chi connectivity index (χ2n) is 2.96. The fraction of sp³-hybridized carbons (Fsp3) is 0.111. The van der Waals surface area contributed by atoms with Crippen molar-refractivity contribution < 1.29 is 13.3 Å². The van der Waals surface area contributed by atoms with Gasteiger partial charge in [-0.3, -0.25) is 0 Å². The highest BCUT2D eigenvalue weighted by atomic mass is 35.5. The molecule has 0 aliphatic carbocycles. The van der Waals surface area contributed by atoms with Crippen LogP contribution in [0.4, 0.5) is 8.78 Å². The van der Waals surface area contributed by atoms with Crippen molar-refractivity contribution in [1.29, 1.82) is 0 Å². The molecular formula is C9H6ClF2N3O. The van der Waals surface area contributed by atoms with Crippen LogP contribution in [0.3, 0.4) is 0 Å². The van der Waals surface area contributed by atoms with Crippen molar-refractivity contribution in [3.8, 4) is 11.4 Å². The number of nitrogens with zero attached hydrogens (tertiary/aromatic N) is 2. The number of rotatable bonds is 2. The van der Waals surface area contributed by atoms with Crippen LogP contribution in [-0.2, 0) is 6.54 Å².